The Morgan fingerprint density at radius 3 is 2.76 bits per heavy atom. The maximum atomic E-state index is 13.7. The van der Waals surface area contributed by atoms with E-state index in [1.54, 1.807) is 0 Å². The van der Waals surface area contributed by atoms with Gasteiger partial charge in [0.1, 0.15) is 5.82 Å². The van der Waals surface area contributed by atoms with Gasteiger partial charge in [-0.3, -0.25) is 9.59 Å². The van der Waals surface area contributed by atoms with Crippen LogP contribution in [0, 0.1) is 17.7 Å². The maximum Gasteiger partial charge on any atom is 0.251 e. The van der Waals surface area contributed by atoms with E-state index >= 15 is 0 Å². The number of benzene rings is 1. The summed E-state index contributed by atoms with van der Waals surface area (Å²) in [7, 11) is 0. The van der Waals surface area contributed by atoms with Gasteiger partial charge in [0.15, 0.2) is 0 Å². The molecule has 2 amide bonds. The lowest BCUT2D eigenvalue weighted by molar-refractivity contribution is -0.118. The number of nitrogens with one attached hydrogen (secondary N) is 1. The number of rotatable bonds is 6. The molecule has 1 aromatic rings. The van der Waals surface area contributed by atoms with Gasteiger partial charge in [-0.05, 0) is 24.6 Å². The standard InChI is InChI=1S/C15H17FN2O3/c16-13-10-12(7-6-11(13)4-1-2-9-19)15(21)18-8-3-5-14(17)20/h6-7,10,19H,2-3,5,8-9H2,(H2,17,20)(H,18,21). The number of carbonyl (C=O) groups is 2. The van der Waals surface area contributed by atoms with E-state index in [0.29, 0.717) is 13.0 Å². The van der Waals surface area contributed by atoms with Gasteiger partial charge in [0.2, 0.25) is 5.91 Å². The molecule has 0 aliphatic carbocycles. The molecule has 0 aromatic heterocycles. The van der Waals surface area contributed by atoms with Crippen molar-refractivity contribution in [3.63, 3.8) is 0 Å². The number of halogens is 1. The van der Waals surface area contributed by atoms with Crippen molar-refractivity contribution in [2.24, 2.45) is 5.73 Å². The predicted octanol–water partition coefficient (Wildman–Crippen LogP) is 0.555. The Kier molecular flexibility index (Phi) is 6.92. The second-order valence-corrected chi connectivity index (χ2v) is 4.30. The van der Waals surface area contributed by atoms with Crippen LogP contribution in [0.15, 0.2) is 18.2 Å². The van der Waals surface area contributed by atoms with Crippen LogP contribution in [0.3, 0.4) is 0 Å². The van der Waals surface area contributed by atoms with E-state index in [1.165, 1.54) is 12.1 Å². The number of carbonyl (C=O) groups excluding carboxylic acids is 2. The minimum Gasteiger partial charge on any atom is -0.395 e. The zero-order valence-electron chi connectivity index (χ0n) is 11.5. The third-order valence-electron chi connectivity index (χ3n) is 2.58. The third kappa shape index (κ3) is 6.06. The zero-order chi connectivity index (χ0) is 15.7. The molecule has 0 saturated heterocycles. The molecular formula is C15H17FN2O3. The minimum absolute atomic E-state index is 0.0829. The number of aliphatic hydroxyl groups excluding tert-OH is 1. The number of amides is 2. The van der Waals surface area contributed by atoms with E-state index in [-0.39, 0.29) is 30.6 Å². The molecule has 1 aromatic carbocycles. The van der Waals surface area contributed by atoms with Gasteiger partial charge >= 0.3 is 0 Å². The quantitative estimate of drug-likeness (QED) is 0.528. The summed E-state index contributed by atoms with van der Waals surface area (Å²) in [6.07, 6.45) is 0.893. The van der Waals surface area contributed by atoms with Crippen LogP contribution >= 0.6 is 0 Å². The second-order valence-electron chi connectivity index (χ2n) is 4.30. The Bertz CT molecular complexity index is 576. The van der Waals surface area contributed by atoms with Gasteiger partial charge in [0.25, 0.3) is 5.91 Å². The number of hydrogen-bond acceptors (Lipinski definition) is 3. The SMILES string of the molecule is NC(=O)CCCNC(=O)c1ccc(C#CCCO)c(F)c1. The zero-order valence-corrected chi connectivity index (χ0v) is 11.5. The Balaban J connectivity index is 2.60. The van der Waals surface area contributed by atoms with Crippen LogP contribution in [0.5, 0.6) is 0 Å². The molecule has 6 heteroatoms. The summed E-state index contributed by atoms with van der Waals surface area (Å²) in [6, 6.07) is 3.99. The van der Waals surface area contributed by atoms with Gasteiger partial charge in [0.05, 0.1) is 12.2 Å². The molecule has 4 N–H and O–H groups in total. The van der Waals surface area contributed by atoms with E-state index in [2.05, 4.69) is 17.2 Å². The molecule has 21 heavy (non-hydrogen) atoms. The normalized spacial score (nSPS) is 9.62. The first-order valence-electron chi connectivity index (χ1n) is 6.50. The lowest BCUT2D eigenvalue weighted by atomic mass is 10.1. The number of hydrogen-bond donors (Lipinski definition) is 3. The summed E-state index contributed by atoms with van der Waals surface area (Å²) in [6.45, 7) is 0.210. The Labute approximate surface area is 122 Å². The van der Waals surface area contributed by atoms with Crippen LogP contribution < -0.4 is 11.1 Å². The first-order chi connectivity index (χ1) is 10.0. The predicted molar refractivity (Wildman–Crippen MR) is 75.7 cm³/mol. The Hall–Kier alpha value is -2.39. The van der Waals surface area contributed by atoms with Gasteiger partial charge in [-0.25, -0.2) is 4.39 Å². The highest BCUT2D eigenvalue weighted by Gasteiger charge is 2.08. The van der Waals surface area contributed by atoms with Crippen LogP contribution in [0.2, 0.25) is 0 Å². The van der Waals surface area contributed by atoms with Gasteiger partial charge in [-0.1, -0.05) is 11.8 Å². The topological polar surface area (TPSA) is 92.4 Å². The smallest absolute Gasteiger partial charge is 0.251 e. The van der Waals surface area contributed by atoms with Gasteiger partial charge < -0.3 is 16.2 Å². The van der Waals surface area contributed by atoms with Crippen LogP contribution in [0.1, 0.15) is 35.2 Å². The molecular weight excluding hydrogens is 275 g/mol. The van der Waals surface area contributed by atoms with Crippen molar-refractivity contribution >= 4 is 11.8 Å². The highest BCUT2D eigenvalue weighted by atomic mass is 19.1. The van der Waals surface area contributed by atoms with Crippen molar-refractivity contribution in [2.45, 2.75) is 19.3 Å². The summed E-state index contributed by atoms with van der Waals surface area (Å²) < 4.78 is 13.7. The molecule has 0 saturated carbocycles. The maximum absolute atomic E-state index is 13.7. The van der Waals surface area contributed by atoms with E-state index < -0.39 is 17.6 Å². The second kappa shape index (κ2) is 8.72. The molecule has 0 spiro atoms. The molecule has 0 bridgehead atoms. The number of aliphatic hydroxyl groups is 1. The molecule has 0 heterocycles. The molecule has 0 radical (unpaired) electrons. The molecule has 112 valence electrons. The first kappa shape index (κ1) is 16.7. The fourth-order valence-corrected chi connectivity index (χ4v) is 1.54. The van der Waals surface area contributed by atoms with Crippen molar-refractivity contribution in [3.05, 3.63) is 35.1 Å². The van der Waals surface area contributed by atoms with E-state index in [9.17, 15) is 14.0 Å². The average Bonchev–Trinajstić information content (AvgIpc) is 2.45. The fraction of sp³-hybridized carbons (Fsp3) is 0.333. The summed E-state index contributed by atoms with van der Waals surface area (Å²) in [5.41, 5.74) is 5.33. The van der Waals surface area contributed by atoms with Crippen molar-refractivity contribution in [1.29, 1.82) is 0 Å². The van der Waals surface area contributed by atoms with Gasteiger partial charge in [-0.2, -0.15) is 0 Å². The van der Waals surface area contributed by atoms with Crippen molar-refractivity contribution in [3.8, 4) is 11.8 Å². The minimum atomic E-state index is -0.592. The Morgan fingerprint density at radius 2 is 2.14 bits per heavy atom. The van der Waals surface area contributed by atoms with Crippen molar-refractivity contribution in [2.75, 3.05) is 13.2 Å². The van der Waals surface area contributed by atoms with E-state index in [0.717, 1.165) is 6.07 Å². The van der Waals surface area contributed by atoms with Crippen LogP contribution in [-0.2, 0) is 4.79 Å². The summed E-state index contributed by atoms with van der Waals surface area (Å²) in [5.74, 6) is 3.74. The fourth-order valence-electron chi connectivity index (χ4n) is 1.54. The van der Waals surface area contributed by atoms with E-state index in [4.69, 9.17) is 10.8 Å². The summed E-state index contributed by atoms with van der Waals surface area (Å²) >= 11 is 0. The van der Waals surface area contributed by atoms with Crippen LogP contribution in [-0.4, -0.2) is 30.1 Å². The molecule has 0 unspecified atom stereocenters. The van der Waals surface area contributed by atoms with Crippen LogP contribution in [0.4, 0.5) is 4.39 Å². The Morgan fingerprint density at radius 1 is 1.38 bits per heavy atom. The lowest BCUT2D eigenvalue weighted by Gasteiger charge is -2.05. The largest absolute Gasteiger partial charge is 0.395 e. The third-order valence-corrected chi connectivity index (χ3v) is 2.58. The molecule has 0 fully saturated rings. The van der Waals surface area contributed by atoms with Gasteiger partial charge in [-0.15, -0.1) is 0 Å². The first-order valence-corrected chi connectivity index (χ1v) is 6.50. The highest BCUT2D eigenvalue weighted by molar-refractivity contribution is 5.94. The van der Waals surface area contributed by atoms with Crippen LogP contribution in [0.25, 0.3) is 0 Å². The molecule has 0 aliphatic rings. The summed E-state index contributed by atoms with van der Waals surface area (Å²) in [5, 5.41) is 11.2. The number of primary amides is 1. The average molecular weight is 292 g/mol. The highest BCUT2D eigenvalue weighted by Crippen LogP contribution is 2.09. The van der Waals surface area contributed by atoms with E-state index in [1.807, 2.05) is 0 Å². The lowest BCUT2D eigenvalue weighted by Crippen LogP contribution is -2.25. The summed E-state index contributed by atoms with van der Waals surface area (Å²) in [4.78, 5) is 22.3. The van der Waals surface area contributed by atoms with Crippen molar-refractivity contribution in [1.82, 2.24) is 5.32 Å². The van der Waals surface area contributed by atoms with Gasteiger partial charge in [0, 0.05) is 24.9 Å². The molecule has 0 aliphatic heterocycles. The number of nitrogens with two attached hydrogens (primary N) is 1. The molecule has 1 rings (SSSR count). The van der Waals surface area contributed by atoms with Crippen molar-refractivity contribution < 1.29 is 19.1 Å². The monoisotopic (exact) mass is 292 g/mol. The molecule has 5 nitrogen and oxygen atoms in total. The molecule has 0 atom stereocenters.